The Kier molecular flexibility index (Phi) is 3.47. The largest absolute Gasteiger partial charge is 0.351 e. The smallest absolute Gasteiger partial charge is 0.292 e. The third kappa shape index (κ3) is 2.49. The lowest BCUT2D eigenvalue weighted by molar-refractivity contribution is 0.0613. The number of carbonyl (C=O) groups is 1. The predicted molar refractivity (Wildman–Crippen MR) is 64.0 cm³/mol. The van der Waals surface area contributed by atoms with Gasteiger partial charge in [0.25, 0.3) is 5.91 Å². The Balaban J connectivity index is 2.12. The summed E-state index contributed by atoms with van der Waals surface area (Å²) in [6, 6.07) is 1.95. The summed E-state index contributed by atoms with van der Waals surface area (Å²) in [5.41, 5.74) is 0.830. The molecule has 1 aromatic rings. The maximum absolute atomic E-state index is 12.2. The molecule has 2 rings (SSSR count). The van der Waals surface area contributed by atoms with E-state index in [4.69, 9.17) is 4.52 Å². The van der Waals surface area contributed by atoms with Gasteiger partial charge < -0.3 is 14.7 Å². The van der Waals surface area contributed by atoms with Crippen molar-refractivity contribution in [3.05, 3.63) is 17.5 Å². The molecule has 2 heterocycles. The highest BCUT2D eigenvalue weighted by Crippen LogP contribution is 2.16. The first-order valence-electron chi connectivity index (χ1n) is 6.08. The van der Waals surface area contributed by atoms with Crippen molar-refractivity contribution in [2.45, 2.75) is 32.7 Å². The van der Waals surface area contributed by atoms with E-state index >= 15 is 0 Å². The van der Waals surface area contributed by atoms with Crippen LogP contribution in [0.3, 0.4) is 0 Å². The second-order valence-corrected chi connectivity index (χ2v) is 4.82. The van der Waals surface area contributed by atoms with Gasteiger partial charge in [-0.15, -0.1) is 0 Å². The lowest BCUT2D eigenvalue weighted by Gasteiger charge is -2.33. The molecule has 1 fully saturated rings. The van der Waals surface area contributed by atoms with E-state index in [-0.39, 0.29) is 17.9 Å². The van der Waals surface area contributed by atoms with Gasteiger partial charge in [-0.25, -0.2) is 0 Å². The summed E-state index contributed by atoms with van der Waals surface area (Å²) < 4.78 is 5.13. The van der Waals surface area contributed by atoms with Crippen molar-refractivity contribution in [1.29, 1.82) is 0 Å². The van der Waals surface area contributed by atoms with Gasteiger partial charge in [-0.3, -0.25) is 4.79 Å². The van der Waals surface area contributed by atoms with Gasteiger partial charge in [-0.2, -0.15) is 0 Å². The summed E-state index contributed by atoms with van der Waals surface area (Å²) in [5, 5.41) is 7.17. The van der Waals surface area contributed by atoms with Crippen molar-refractivity contribution in [3.8, 4) is 0 Å². The number of hydrogen-bond acceptors (Lipinski definition) is 4. The van der Waals surface area contributed by atoms with Gasteiger partial charge in [-0.05, 0) is 12.8 Å². The number of hydrogen-bond donors (Lipinski definition) is 1. The average molecular weight is 237 g/mol. The lowest BCUT2D eigenvalue weighted by Crippen LogP contribution is -2.52. The van der Waals surface area contributed by atoms with Crippen LogP contribution in [0.5, 0.6) is 0 Å². The molecule has 0 bridgehead atoms. The highest BCUT2D eigenvalue weighted by atomic mass is 16.5. The molecule has 0 aromatic carbocycles. The van der Waals surface area contributed by atoms with E-state index in [1.165, 1.54) is 0 Å². The monoisotopic (exact) mass is 237 g/mol. The second kappa shape index (κ2) is 4.87. The Morgan fingerprint density at radius 2 is 2.41 bits per heavy atom. The molecule has 1 saturated heterocycles. The number of nitrogens with zero attached hydrogens (tertiary/aromatic N) is 2. The van der Waals surface area contributed by atoms with Gasteiger partial charge in [0.15, 0.2) is 0 Å². The molecule has 0 spiro atoms. The summed E-state index contributed by atoms with van der Waals surface area (Å²) in [6.45, 7) is 8.47. The number of aromatic nitrogens is 1. The number of carbonyl (C=O) groups excluding carboxylic acids is 1. The fraction of sp³-hybridized carbons (Fsp3) is 0.667. The molecule has 5 nitrogen and oxygen atoms in total. The third-order valence-corrected chi connectivity index (χ3v) is 3.09. The fourth-order valence-corrected chi connectivity index (χ4v) is 1.95. The van der Waals surface area contributed by atoms with Crippen molar-refractivity contribution in [2.75, 3.05) is 19.6 Å². The van der Waals surface area contributed by atoms with E-state index < -0.39 is 0 Å². The Morgan fingerprint density at radius 3 is 3.00 bits per heavy atom. The Bertz CT molecular complexity index is 400. The summed E-state index contributed by atoms with van der Waals surface area (Å²) in [4.78, 5) is 14.0. The number of piperazine rings is 1. The topological polar surface area (TPSA) is 58.4 Å². The van der Waals surface area contributed by atoms with E-state index in [1.807, 2.05) is 25.7 Å². The molecule has 1 aliphatic rings. The maximum Gasteiger partial charge on any atom is 0.292 e. The van der Waals surface area contributed by atoms with Crippen LogP contribution in [0, 0.1) is 0 Å². The summed E-state index contributed by atoms with van der Waals surface area (Å²) in [7, 11) is 0. The summed E-state index contributed by atoms with van der Waals surface area (Å²) in [6.07, 6.45) is 0. The molecule has 17 heavy (non-hydrogen) atoms. The van der Waals surface area contributed by atoms with E-state index in [2.05, 4.69) is 10.5 Å². The zero-order chi connectivity index (χ0) is 12.4. The summed E-state index contributed by atoms with van der Waals surface area (Å²) >= 11 is 0. The molecule has 1 amide bonds. The number of nitrogens with one attached hydrogen (secondary N) is 1. The highest BCUT2D eigenvalue weighted by molar-refractivity contribution is 5.91. The van der Waals surface area contributed by atoms with Crippen LogP contribution in [0.2, 0.25) is 0 Å². The molecule has 0 unspecified atom stereocenters. The standard InChI is InChI=1S/C12H19N3O2/c1-8(2)10-6-11(17-14-10)12(16)15-5-4-13-7-9(15)3/h6,8-9,13H,4-5,7H2,1-3H3/t9-/m1/s1. The minimum Gasteiger partial charge on any atom is -0.351 e. The van der Waals surface area contributed by atoms with Crippen LogP contribution in [-0.2, 0) is 0 Å². The zero-order valence-corrected chi connectivity index (χ0v) is 10.6. The molecular weight excluding hydrogens is 218 g/mol. The molecule has 94 valence electrons. The van der Waals surface area contributed by atoms with Crippen LogP contribution in [0.15, 0.2) is 10.6 Å². The lowest BCUT2D eigenvalue weighted by atomic mass is 10.1. The Labute approximate surface area is 101 Å². The van der Waals surface area contributed by atoms with Crippen LogP contribution >= 0.6 is 0 Å². The molecule has 5 heteroatoms. The molecule has 1 aromatic heterocycles. The molecule has 1 aliphatic heterocycles. The Morgan fingerprint density at radius 1 is 1.65 bits per heavy atom. The van der Waals surface area contributed by atoms with Gasteiger partial charge in [0, 0.05) is 31.7 Å². The predicted octanol–water partition coefficient (Wildman–Crippen LogP) is 1.23. The van der Waals surface area contributed by atoms with Gasteiger partial charge >= 0.3 is 0 Å². The SMILES string of the molecule is CC(C)c1cc(C(=O)N2CCNC[C@H]2C)on1. The van der Waals surface area contributed by atoms with Gasteiger partial charge in [0.05, 0.1) is 5.69 Å². The first-order chi connectivity index (χ1) is 8.09. The first-order valence-corrected chi connectivity index (χ1v) is 6.08. The van der Waals surface area contributed by atoms with Crippen molar-refractivity contribution in [1.82, 2.24) is 15.4 Å². The maximum atomic E-state index is 12.2. The van der Waals surface area contributed by atoms with Crippen LogP contribution in [-0.4, -0.2) is 41.6 Å². The van der Waals surface area contributed by atoms with Gasteiger partial charge in [-0.1, -0.05) is 19.0 Å². The normalized spacial score (nSPS) is 20.9. The first kappa shape index (κ1) is 12.1. The molecule has 0 aliphatic carbocycles. The van der Waals surface area contributed by atoms with E-state index in [1.54, 1.807) is 6.07 Å². The molecule has 0 saturated carbocycles. The van der Waals surface area contributed by atoms with Gasteiger partial charge in [0.1, 0.15) is 0 Å². The Hall–Kier alpha value is -1.36. The summed E-state index contributed by atoms with van der Waals surface area (Å²) in [5.74, 6) is 0.571. The van der Waals surface area contributed by atoms with Crippen molar-refractivity contribution in [2.24, 2.45) is 0 Å². The third-order valence-electron chi connectivity index (χ3n) is 3.09. The molecule has 1 atom stereocenters. The quantitative estimate of drug-likeness (QED) is 0.840. The highest BCUT2D eigenvalue weighted by Gasteiger charge is 2.27. The number of amides is 1. The molecule has 0 radical (unpaired) electrons. The second-order valence-electron chi connectivity index (χ2n) is 4.82. The minimum absolute atomic E-state index is 0.0570. The minimum atomic E-state index is -0.0570. The van der Waals surface area contributed by atoms with E-state index in [9.17, 15) is 4.79 Å². The number of rotatable bonds is 2. The van der Waals surface area contributed by atoms with Crippen LogP contribution in [0.4, 0.5) is 0 Å². The van der Waals surface area contributed by atoms with E-state index in [0.29, 0.717) is 5.76 Å². The average Bonchev–Trinajstić information content (AvgIpc) is 2.78. The molecule has 1 N–H and O–H groups in total. The zero-order valence-electron chi connectivity index (χ0n) is 10.6. The van der Waals surface area contributed by atoms with Crippen LogP contribution in [0.25, 0.3) is 0 Å². The van der Waals surface area contributed by atoms with E-state index in [0.717, 1.165) is 25.3 Å². The fourth-order valence-electron chi connectivity index (χ4n) is 1.95. The van der Waals surface area contributed by atoms with Crippen molar-refractivity contribution >= 4 is 5.91 Å². The van der Waals surface area contributed by atoms with Gasteiger partial charge in [0.2, 0.25) is 5.76 Å². The van der Waals surface area contributed by atoms with Crippen molar-refractivity contribution in [3.63, 3.8) is 0 Å². The van der Waals surface area contributed by atoms with Crippen molar-refractivity contribution < 1.29 is 9.32 Å². The van der Waals surface area contributed by atoms with Crippen LogP contribution < -0.4 is 5.32 Å². The molecular formula is C12H19N3O2. The van der Waals surface area contributed by atoms with Crippen LogP contribution in [0.1, 0.15) is 42.9 Å².